The lowest BCUT2D eigenvalue weighted by Gasteiger charge is -2.49. The molecule has 2 aromatic heterocycles. The summed E-state index contributed by atoms with van der Waals surface area (Å²) in [5.41, 5.74) is 3.58. The Morgan fingerprint density at radius 1 is 0.883 bits per heavy atom. The van der Waals surface area contributed by atoms with E-state index in [1.54, 1.807) is 60.3 Å². The SMILES string of the molecule is COc1ccc(O)c([C@H]2C3=CC[C@@H]4C(=O)N(c5ccc(Nc6ccccc6)cc5)C(=O)[C@@H]4[C@@H]3C[C@H]3C(=O)N(c4cc(-c5sc6ccc(Cl)cc6c5C)nn4C)C(=O)[C@@]23C)c1. The molecule has 0 radical (unpaired) electrons. The zero-order chi connectivity index (χ0) is 41.8. The summed E-state index contributed by atoms with van der Waals surface area (Å²) < 4.78 is 8.20. The van der Waals surface area contributed by atoms with Crippen molar-refractivity contribution in [1.29, 1.82) is 0 Å². The van der Waals surface area contributed by atoms with Crippen molar-refractivity contribution in [2.75, 3.05) is 22.2 Å². The van der Waals surface area contributed by atoms with Gasteiger partial charge in [-0.05, 0) is 116 Å². The molecule has 3 fully saturated rings. The van der Waals surface area contributed by atoms with E-state index in [4.69, 9.17) is 21.4 Å². The zero-order valence-electron chi connectivity index (χ0n) is 33.2. The summed E-state index contributed by atoms with van der Waals surface area (Å²) >= 11 is 7.90. The van der Waals surface area contributed by atoms with Gasteiger partial charge in [0.25, 0.3) is 0 Å². The molecule has 6 aromatic rings. The van der Waals surface area contributed by atoms with Crippen molar-refractivity contribution in [3.8, 4) is 22.1 Å². The fourth-order valence-corrected chi connectivity index (χ4v) is 11.6. The molecule has 11 nitrogen and oxygen atoms in total. The van der Waals surface area contributed by atoms with Gasteiger partial charge in [-0.25, -0.2) is 4.90 Å². The number of aromatic hydroxyl groups is 1. The first-order valence-corrected chi connectivity index (χ1v) is 21.1. The standard InChI is InChI=1S/C47H40ClN5O6S/c1-24-32-20-25(48)10-19-38(32)60-42(24)36-23-39(51(3)50-36)53-44(56)35-22-33-30(41(47(35,2)46(53)58)34-21-29(59-4)15-18-37(34)54)16-17-31-40(33)45(57)52(43(31)55)28-13-11-27(12-14-28)49-26-8-6-5-7-9-26/h5-16,18-21,23,31,33,35,40-41,49,54H,17,22H2,1-4H3/t31-,33+,35-,40-,41+,47+/m0/s1. The molecule has 60 heavy (non-hydrogen) atoms. The number of ether oxygens (including phenoxy) is 1. The molecule has 2 N–H and O–H groups in total. The second kappa shape index (κ2) is 13.9. The highest BCUT2D eigenvalue weighted by atomic mass is 35.5. The number of thiophene rings is 1. The van der Waals surface area contributed by atoms with E-state index in [0.717, 1.165) is 37.5 Å². The normalized spacial score (nSPS) is 24.8. The predicted molar refractivity (Wildman–Crippen MR) is 232 cm³/mol. The van der Waals surface area contributed by atoms with Crippen LogP contribution in [0.5, 0.6) is 11.5 Å². The first-order chi connectivity index (χ1) is 28.9. The van der Waals surface area contributed by atoms with E-state index >= 15 is 9.59 Å². The van der Waals surface area contributed by atoms with Crippen LogP contribution >= 0.6 is 22.9 Å². The molecule has 4 heterocycles. The van der Waals surface area contributed by atoms with Gasteiger partial charge in [-0.15, -0.1) is 11.3 Å². The molecule has 4 aromatic carbocycles. The largest absolute Gasteiger partial charge is 0.508 e. The molecule has 2 aliphatic carbocycles. The summed E-state index contributed by atoms with van der Waals surface area (Å²) in [7, 11) is 3.23. The average Bonchev–Trinajstić information content (AvgIpc) is 3.92. The molecule has 0 spiro atoms. The van der Waals surface area contributed by atoms with E-state index in [1.165, 1.54) is 23.0 Å². The van der Waals surface area contributed by atoms with Crippen molar-refractivity contribution in [2.45, 2.75) is 32.6 Å². The topological polar surface area (TPSA) is 134 Å². The number of phenols is 1. The van der Waals surface area contributed by atoms with E-state index in [-0.39, 0.29) is 30.4 Å². The van der Waals surface area contributed by atoms with Gasteiger partial charge in [0.05, 0.1) is 40.8 Å². The van der Waals surface area contributed by atoms with Gasteiger partial charge in [-0.1, -0.05) is 41.4 Å². The molecular weight excluding hydrogens is 798 g/mol. The Morgan fingerprint density at radius 2 is 1.63 bits per heavy atom. The van der Waals surface area contributed by atoms with Crippen LogP contribution in [0.2, 0.25) is 5.02 Å². The molecule has 1 saturated carbocycles. The number of hydrogen-bond donors (Lipinski definition) is 2. The lowest BCUT2D eigenvalue weighted by molar-refractivity contribution is -0.131. The van der Waals surface area contributed by atoms with E-state index in [1.807, 2.05) is 73.7 Å². The lowest BCUT2D eigenvalue weighted by atomic mass is 9.51. The maximum atomic E-state index is 15.2. The minimum Gasteiger partial charge on any atom is -0.508 e. The molecule has 302 valence electrons. The second-order valence-corrected chi connectivity index (χ2v) is 17.8. The van der Waals surface area contributed by atoms with Gasteiger partial charge in [-0.3, -0.25) is 28.8 Å². The summed E-state index contributed by atoms with van der Waals surface area (Å²) in [5.74, 6) is -4.47. The molecule has 4 aliphatic rings. The number of rotatable bonds is 7. The van der Waals surface area contributed by atoms with Crippen molar-refractivity contribution in [1.82, 2.24) is 9.78 Å². The molecule has 2 aliphatic heterocycles. The Labute approximate surface area is 354 Å². The maximum Gasteiger partial charge on any atom is 0.242 e. The van der Waals surface area contributed by atoms with Crippen LogP contribution < -0.4 is 19.9 Å². The highest BCUT2D eigenvalue weighted by Gasteiger charge is 2.68. The summed E-state index contributed by atoms with van der Waals surface area (Å²) in [6.45, 7) is 3.80. The number of phenolic OH excluding ortho intramolecular Hbond substituents is 1. The van der Waals surface area contributed by atoms with Crippen molar-refractivity contribution in [3.05, 3.63) is 125 Å². The summed E-state index contributed by atoms with van der Waals surface area (Å²) in [6.07, 6.45) is 2.40. The molecule has 13 heteroatoms. The zero-order valence-corrected chi connectivity index (χ0v) is 34.8. The van der Waals surface area contributed by atoms with Crippen LogP contribution in [0.25, 0.3) is 20.7 Å². The minimum absolute atomic E-state index is 0.0639. The second-order valence-electron chi connectivity index (χ2n) is 16.3. The van der Waals surface area contributed by atoms with Crippen LogP contribution in [0.1, 0.15) is 36.8 Å². The number of fused-ring (bicyclic) bond motifs is 5. The van der Waals surface area contributed by atoms with Gasteiger partial charge in [-0.2, -0.15) is 5.10 Å². The van der Waals surface area contributed by atoms with Crippen molar-refractivity contribution in [2.24, 2.45) is 36.1 Å². The van der Waals surface area contributed by atoms with Crippen molar-refractivity contribution in [3.63, 3.8) is 0 Å². The summed E-state index contributed by atoms with van der Waals surface area (Å²) in [6, 6.07) is 29.3. The molecule has 6 atom stereocenters. The molecule has 0 unspecified atom stereocenters. The Hall–Kier alpha value is -6.24. The van der Waals surface area contributed by atoms with E-state index in [2.05, 4.69) is 5.32 Å². The number of aryl methyl sites for hydroxylation is 2. The third-order valence-electron chi connectivity index (χ3n) is 13.2. The van der Waals surface area contributed by atoms with Gasteiger partial charge in [0.1, 0.15) is 23.0 Å². The number of amides is 4. The summed E-state index contributed by atoms with van der Waals surface area (Å²) in [5, 5.41) is 21.3. The fraction of sp³-hybridized carbons (Fsp3) is 0.255. The number of methoxy groups -OCH3 is 1. The lowest BCUT2D eigenvalue weighted by Crippen LogP contribution is -2.49. The fourth-order valence-electron chi connectivity index (χ4n) is 10.3. The Bertz CT molecular complexity index is 2830. The number of benzene rings is 4. The number of halogens is 1. The first kappa shape index (κ1) is 38.0. The van der Waals surface area contributed by atoms with Crippen molar-refractivity contribution < 1.29 is 29.0 Å². The van der Waals surface area contributed by atoms with Crippen LogP contribution in [0.15, 0.2) is 109 Å². The molecule has 0 bridgehead atoms. The quantitative estimate of drug-likeness (QED) is 0.120. The number of para-hydroxylation sites is 1. The Balaban J connectivity index is 1.04. The number of nitrogens with one attached hydrogen (secondary N) is 1. The third-order valence-corrected chi connectivity index (χ3v) is 14.8. The number of hydrogen-bond acceptors (Lipinski definition) is 9. The Morgan fingerprint density at radius 3 is 2.38 bits per heavy atom. The number of carbonyl (C=O) groups excluding carboxylic acids is 4. The minimum atomic E-state index is -1.38. The van der Waals surface area contributed by atoms with Crippen LogP contribution in [-0.4, -0.2) is 45.6 Å². The Kier molecular flexibility index (Phi) is 8.82. The van der Waals surface area contributed by atoms with E-state index in [0.29, 0.717) is 33.5 Å². The van der Waals surface area contributed by atoms with Gasteiger partial charge >= 0.3 is 0 Å². The highest BCUT2D eigenvalue weighted by molar-refractivity contribution is 7.22. The molecule has 4 amide bonds. The van der Waals surface area contributed by atoms with Crippen LogP contribution in [-0.2, 0) is 26.2 Å². The average molecular weight is 838 g/mol. The number of imide groups is 2. The molecule has 2 saturated heterocycles. The molecule has 10 rings (SSSR count). The van der Waals surface area contributed by atoms with Gasteiger partial charge in [0, 0.05) is 45.7 Å². The van der Waals surface area contributed by atoms with Gasteiger partial charge < -0.3 is 15.2 Å². The van der Waals surface area contributed by atoms with Crippen LogP contribution in [0, 0.1) is 36.0 Å². The highest BCUT2D eigenvalue weighted by Crippen LogP contribution is 2.65. The van der Waals surface area contributed by atoms with Crippen LogP contribution in [0.4, 0.5) is 22.9 Å². The van der Waals surface area contributed by atoms with Gasteiger partial charge in [0.15, 0.2) is 0 Å². The maximum absolute atomic E-state index is 15.2. The molecular formula is C47H40ClN5O6S. The van der Waals surface area contributed by atoms with E-state index in [9.17, 15) is 14.7 Å². The number of aromatic nitrogens is 2. The third kappa shape index (κ3) is 5.57. The van der Waals surface area contributed by atoms with Crippen LogP contribution in [0.3, 0.4) is 0 Å². The van der Waals surface area contributed by atoms with E-state index < -0.39 is 46.8 Å². The van der Waals surface area contributed by atoms with Crippen molar-refractivity contribution >= 4 is 79.5 Å². The predicted octanol–water partition coefficient (Wildman–Crippen LogP) is 9.16. The summed E-state index contributed by atoms with van der Waals surface area (Å²) in [4.78, 5) is 62.6. The smallest absolute Gasteiger partial charge is 0.242 e. The van der Waals surface area contributed by atoms with Gasteiger partial charge in [0.2, 0.25) is 23.6 Å². The number of carbonyl (C=O) groups is 4. The number of anilines is 4. The number of nitrogens with zero attached hydrogens (tertiary/aromatic N) is 4. The first-order valence-electron chi connectivity index (χ1n) is 19.9. The number of allylic oxidation sites excluding steroid dienone is 2. The monoisotopic (exact) mass is 837 g/mol.